The van der Waals surface area contributed by atoms with Crippen molar-refractivity contribution in [3.63, 3.8) is 0 Å². The molecule has 20 heavy (non-hydrogen) atoms. The molecule has 6 nitrogen and oxygen atoms in total. The molecule has 0 aromatic heterocycles. The Morgan fingerprint density at radius 1 is 1.40 bits per heavy atom. The van der Waals surface area contributed by atoms with Crippen molar-refractivity contribution in [3.8, 4) is 0 Å². The van der Waals surface area contributed by atoms with Gasteiger partial charge >= 0.3 is 0 Å². The molecule has 1 heterocycles. The maximum Gasteiger partial charge on any atom is 0.275 e. The molecule has 0 unspecified atom stereocenters. The molecule has 1 saturated heterocycles. The van der Waals surface area contributed by atoms with Gasteiger partial charge in [0.1, 0.15) is 0 Å². The summed E-state index contributed by atoms with van der Waals surface area (Å²) in [5.41, 5.74) is 1.32. The normalized spacial score (nSPS) is 16.7. The van der Waals surface area contributed by atoms with Crippen LogP contribution >= 0.6 is 0 Å². The standard InChI is InChI=1S/C14H21N3O3/c1-15(2)12-5-7-16(8-6-12)13-3-4-14(17(19)20)11(9-13)10-18/h3-4,9,12,18H,5-8,10H2,1-2H3. The van der Waals surface area contributed by atoms with Crippen LogP contribution in [0.2, 0.25) is 0 Å². The number of anilines is 1. The predicted octanol–water partition coefficient (Wildman–Crippen LogP) is 1.62. The molecule has 1 fully saturated rings. The van der Waals surface area contributed by atoms with E-state index in [9.17, 15) is 15.2 Å². The first-order chi connectivity index (χ1) is 9.52. The van der Waals surface area contributed by atoms with E-state index in [2.05, 4.69) is 23.9 Å². The highest BCUT2D eigenvalue weighted by Gasteiger charge is 2.22. The lowest BCUT2D eigenvalue weighted by Gasteiger charge is -2.36. The average molecular weight is 279 g/mol. The van der Waals surface area contributed by atoms with Crippen molar-refractivity contribution in [2.45, 2.75) is 25.5 Å². The van der Waals surface area contributed by atoms with Gasteiger partial charge in [0.25, 0.3) is 5.69 Å². The van der Waals surface area contributed by atoms with Crippen molar-refractivity contribution < 1.29 is 10.0 Å². The average Bonchev–Trinajstić information content (AvgIpc) is 2.46. The Morgan fingerprint density at radius 3 is 2.55 bits per heavy atom. The number of benzene rings is 1. The van der Waals surface area contributed by atoms with Gasteiger partial charge < -0.3 is 14.9 Å². The third kappa shape index (κ3) is 3.08. The van der Waals surface area contributed by atoms with E-state index in [4.69, 9.17) is 0 Å². The molecule has 2 rings (SSSR count). The summed E-state index contributed by atoms with van der Waals surface area (Å²) in [4.78, 5) is 14.9. The third-order valence-electron chi connectivity index (χ3n) is 3.99. The molecule has 1 aromatic rings. The summed E-state index contributed by atoms with van der Waals surface area (Å²) in [6.45, 7) is 1.56. The summed E-state index contributed by atoms with van der Waals surface area (Å²) >= 11 is 0. The van der Waals surface area contributed by atoms with E-state index >= 15 is 0 Å². The highest BCUT2D eigenvalue weighted by atomic mass is 16.6. The Balaban J connectivity index is 2.12. The topological polar surface area (TPSA) is 69.9 Å². The number of nitro groups is 1. The van der Waals surface area contributed by atoms with Crippen LogP contribution in [0.3, 0.4) is 0 Å². The number of rotatable bonds is 4. The zero-order chi connectivity index (χ0) is 14.7. The Bertz CT molecular complexity index is 483. The van der Waals surface area contributed by atoms with Gasteiger partial charge in [-0.3, -0.25) is 10.1 Å². The smallest absolute Gasteiger partial charge is 0.275 e. The molecule has 6 heteroatoms. The van der Waals surface area contributed by atoms with E-state index in [1.807, 2.05) is 0 Å². The van der Waals surface area contributed by atoms with Crippen molar-refractivity contribution >= 4 is 11.4 Å². The quantitative estimate of drug-likeness (QED) is 0.670. The molecule has 0 spiro atoms. The van der Waals surface area contributed by atoms with Gasteiger partial charge in [-0.1, -0.05) is 0 Å². The van der Waals surface area contributed by atoms with E-state index < -0.39 is 4.92 Å². The first-order valence-electron chi connectivity index (χ1n) is 6.82. The number of nitrogens with zero attached hydrogens (tertiary/aromatic N) is 3. The number of aliphatic hydroxyl groups is 1. The number of nitro benzene ring substituents is 1. The summed E-state index contributed by atoms with van der Waals surface area (Å²) in [6.07, 6.45) is 2.16. The fourth-order valence-electron chi connectivity index (χ4n) is 2.71. The summed E-state index contributed by atoms with van der Waals surface area (Å²) in [6, 6.07) is 5.59. The van der Waals surface area contributed by atoms with Crippen LogP contribution < -0.4 is 4.90 Å². The minimum absolute atomic E-state index is 0.0144. The molecule has 1 aromatic carbocycles. The number of piperidine rings is 1. The van der Waals surface area contributed by atoms with Crippen LogP contribution in [0.4, 0.5) is 11.4 Å². The maximum absolute atomic E-state index is 10.9. The van der Waals surface area contributed by atoms with E-state index in [-0.39, 0.29) is 12.3 Å². The van der Waals surface area contributed by atoms with Gasteiger partial charge in [0.2, 0.25) is 0 Å². The summed E-state index contributed by atoms with van der Waals surface area (Å²) < 4.78 is 0. The fraction of sp³-hybridized carbons (Fsp3) is 0.571. The van der Waals surface area contributed by atoms with Crippen molar-refractivity contribution in [2.75, 3.05) is 32.1 Å². The summed E-state index contributed by atoms with van der Waals surface area (Å²) in [5.74, 6) is 0. The Hall–Kier alpha value is -1.66. The minimum atomic E-state index is -0.451. The van der Waals surface area contributed by atoms with Crippen LogP contribution in [-0.2, 0) is 6.61 Å². The molecule has 0 amide bonds. The lowest BCUT2D eigenvalue weighted by molar-refractivity contribution is -0.385. The van der Waals surface area contributed by atoms with E-state index in [0.717, 1.165) is 31.6 Å². The van der Waals surface area contributed by atoms with Gasteiger partial charge in [-0.15, -0.1) is 0 Å². The van der Waals surface area contributed by atoms with Crippen LogP contribution in [0.5, 0.6) is 0 Å². The second kappa shape index (κ2) is 6.19. The molecule has 0 atom stereocenters. The Labute approximate surface area is 118 Å². The number of hydrogen-bond acceptors (Lipinski definition) is 5. The Kier molecular flexibility index (Phi) is 4.57. The van der Waals surface area contributed by atoms with E-state index in [1.165, 1.54) is 6.07 Å². The van der Waals surface area contributed by atoms with Crippen molar-refractivity contribution in [1.82, 2.24) is 4.90 Å². The molecule has 0 radical (unpaired) electrons. The largest absolute Gasteiger partial charge is 0.391 e. The first-order valence-corrected chi connectivity index (χ1v) is 6.82. The summed E-state index contributed by atoms with van der Waals surface area (Å²) in [7, 11) is 4.19. The second-order valence-corrected chi connectivity index (χ2v) is 5.41. The lowest BCUT2D eigenvalue weighted by atomic mass is 10.0. The van der Waals surface area contributed by atoms with Gasteiger partial charge in [-0.2, -0.15) is 0 Å². The maximum atomic E-state index is 10.9. The van der Waals surface area contributed by atoms with Gasteiger partial charge in [0, 0.05) is 30.9 Å². The zero-order valence-electron chi connectivity index (χ0n) is 12.0. The molecule has 1 aliphatic heterocycles. The first kappa shape index (κ1) is 14.7. The monoisotopic (exact) mass is 279 g/mol. The highest BCUT2D eigenvalue weighted by molar-refractivity contribution is 5.55. The predicted molar refractivity (Wildman–Crippen MR) is 77.9 cm³/mol. The molecule has 0 saturated carbocycles. The molecular weight excluding hydrogens is 258 g/mol. The molecule has 0 aliphatic carbocycles. The van der Waals surface area contributed by atoms with Gasteiger partial charge in [0.15, 0.2) is 0 Å². The van der Waals surface area contributed by atoms with Crippen molar-refractivity contribution in [2.24, 2.45) is 0 Å². The SMILES string of the molecule is CN(C)C1CCN(c2ccc([N+](=O)[O-])c(CO)c2)CC1. The fourth-order valence-corrected chi connectivity index (χ4v) is 2.71. The zero-order valence-corrected chi connectivity index (χ0v) is 12.0. The molecule has 1 N–H and O–H groups in total. The second-order valence-electron chi connectivity index (χ2n) is 5.41. The Morgan fingerprint density at radius 2 is 2.05 bits per heavy atom. The van der Waals surface area contributed by atoms with Crippen LogP contribution in [-0.4, -0.2) is 48.2 Å². The number of aliphatic hydroxyl groups excluding tert-OH is 1. The minimum Gasteiger partial charge on any atom is -0.391 e. The van der Waals surface area contributed by atoms with Gasteiger partial charge in [0.05, 0.1) is 17.1 Å². The highest BCUT2D eigenvalue weighted by Crippen LogP contribution is 2.27. The van der Waals surface area contributed by atoms with Crippen molar-refractivity contribution in [3.05, 3.63) is 33.9 Å². The molecule has 110 valence electrons. The number of hydrogen-bond donors (Lipinski definition) is 1. The van der Waals surface area contributed by atoms with E-state index in [0.29, 0.717) is 11.6 Å². The van der Waals surface area contributed by atoms with Crippen LogP contribution in [0, 0.1) is 10.1 Å². The molecule has 1 aliphatic rings. The lowest BCUT2D eigenvalue weighted by Crippen LogP contribution is -2.42. The molecule has 0 bridgehead atoms. The molecular formula is C14H21N3O3. The van der Waals surface area contributed by atoms with Crippen LogP contribution in [0.25, 0.3) is 0 Å². The van der Waals surface area contributed by atoms with Gasteiger partial charge in [-0.05, 0) is 39.1 Å². The van der Waals surface area contributed by atoms with E-state index in [1.54, 1.807) is 12.1 Å². The van der Waals surface area contributed by atoms with Crippen LogP contribution in [0.15, 0.2) is 18.2 Å². The third-order valence-corrected chi connectivity index (χ3v) is 3.99. The van der Waals surface area contributed by atoms with Crippen molar-refractivity contribution in [1.29, 1.82) is 0 Å². The summed E-state index contributed by atoms with van der Waals surface area (Å²) in [5, 5.41) is 20.1. The van der Waals surface area contributed by atoms with Gasteiger partial charge in [-0.25, -0.2) is 0 Å². The van der Waals surface area contributed by atoms with Crippen LogP contribution in [0.1, 0.15) is 18.4 Å².